The van der Waals surface area contributed by atoms with Crippen LogP contribution in [0.25, 0.3) is 22.3 Å². The molecule has 0 N–H and O–H groups in total. The lowest BCUT2D eigenvalue weighted by atomic mass is 9.95. The van der Waals surface area contributed by atoms with Crippen LogP contribution in [0.1, 0.15) is 28.9 Å². The quantitative estimate of drug-likeness (QED) is 0.668. The second-order valence-corrected chi connectivity index (χ2v) is 8.07. The fraction of sp³-hybridized carbons (Fsp3) is 0.435. The van der Waals surface area contributed by atoms with E-state index in [1.807, 2.05) is 55.3 Å². The van der Waals surface area contributed by atoms with Gasteiger partial charge in [0.2, 0.25) is 0 Å². The summed E-state index contributed by atoms with van der Waals surface area (Å²) in [7, 11) is 1.87. The molecule has 7 nitrogen and oxygen atoms in total. The molecule has 0 atom stereocenters. The van der Waals surface area contributed by atoms with E-state index in [0.717, 1.165) is 40.8 Å². The van der Waals surface area contributed by atoms with Crippen LogP contribution < -0.4 is 0 Å². The molecule has 0 saturated carbocycles. The van der Waals surface area contributed by atoms with Crippen LogP contribution in [0.15, 0.2) is 36.4 Å². The van der Waals surface area contributed by atoms with Crippen LogP contribution in [0.4, 0.5) is 0 Å². The summed E-state index contributed by atoms with van der Waals surface area (Å²) in [5, 5.41) is 5.37. The van der Waals surface area contributed by atoms with E-state index in [1.165, 1.54) is 0 Å². The minimum Gasteiger partial charge on any atom is -0.350 e. The van der Waals surface area contributed by atoms with Gasteiger partial charge in [-0.05, 0) is 25.8 Å². The van der Waals surface area contributed by atoms with Crippen LogP contribution >= 0.6 is 0 Å². The number of amides is 1. The van der Waals surface area contributed by atoms with Gasteiger partial charge < -0.3 is 14.4 Å². The van der Waals surface area contributed by atoms with Gasteiger partial charge in [-0.2, -0.15) is 5.10 Å². The van der Waals surface area contributed by atoms with Crippen molar-refractivity contribution in [1.29, 1.82) is 0 Å². The Labute approximate surface area is 175 Å². The molecule has 2 aliphatic heterocycles. The first-order valence-corrected chi connectivity index (χ1v) is 10.5. The maximum atomic E-state index is 13.6. The van der Waals surface area contributed by atoms with Crippen molar-refractivity contribution in [3.05, 3.63) is 47.7 Å². The first-order chi connectivity index (χ1) is 14.6. The van der Waals surface area contributed by atoms with Crippen molar-refractivity contribution in [2.24, 2.45) is 13.0 Å². The number of rotatable bonds is 3. The predicted octanol–water partition coefficient (Wildman–Crippen LogP) is 3.17. The Kier molecular flexibility index (Phi) is 5.00. The number of carbonyl (C=O) groups is 1. The summed E-state index contributed by atoms with van der Waals surface area (Å²) in [5.74, 6) is 0.399. The number of nitrogens with zero attached hydrogens (tertiary/aromatic N) is 4. The van der Waals surface area contributed by atoms with E-state index in [-0.39, 0.29) is 12.2 Å². The predicted molar refractivity (Wildman–Crippen MR) is 113 cm³/mol. The van der Waals surface area contributed by atoms with Crippen molar-refractivity contribution in [3.63, 3.8) is 0 Å². The molecule has 4 heterocycles. The van der Waals surface area contributed by atoms with Crippen molar-refractivity contribution in [2.75, 3.05) is 26.3 Å². The highest BCUT2D eigenvalue weighted by atomic mass is 16.7. The van der Waals surface area contributed by atoms with Crippen LogP contribution in [0.3, 0.4) is 0 Å². The first kappa shape index (κ1) is 19.2. The topological polar surface area (TPSA) is 69.5 Å². The third-order valence-electron chi connectivity index (χ3n) is 6.13. The number of aromatic nitrogens is 3. The Morgan fingerprint density at radius 2 is 1.80 bits per heavy atom. The van der Waals surface area contributed by atoms with Gasteiger partial charge in [-0.1, -0.05) is 30.3 Å². The maximum absolute atomic E-state index is 13.6. The van der Waals surface area contributed by atoms with Gasteiger partial charge in [0, 0.05) is 31.6 Å². The molecule has 2 saturated heterocycles. The highest BCUT2D eigenvalue weighted by molar-refractivity contribution is 6.07. The summed E-state index contributed by atoms with van der Waals surface area (Å²) < 4.78 is 13.1. The van der Waals surface area contributed by atoms with Gasteiger partial charge >= 0.3 is 0 Å². The molecule has 3 aromatic rings. The minimum absolute atomic E-state index is 0.0439. The number of benzene rings is 1. The summed E-state index contributed by atoms with van der Waals surface area (Å²) in [6, 6.07) is 11.9. The molecular formula is C23H26N4O3. The number of aryl methyl sites for hydroxylation is 2. The lowest BCUT2D eigenvalue weighted by Crippen LogP contribution is -2.41. The summed E-state index contributed by atoms with van der Waals surface area (Å²) in [6.07, 6.45) is 1.67. The number of fused-ring (bicyclic) bond motifs is 1. The molecular weight excluding hydrogens is 380 g/mol. The number of carbonyl (C=O) groups excluding carboxylic acids is 1. The highest BCUT2D eigenvalue weighted by Crippen LogP contribution is 2.30. The monoisotopic (exact) mass is 406 g/mol. The van der Waals surface area contributed by atoms with Crippen molar-refractivity contribution >= 4 is 16.9 Å². The first-order valence-electron chi connectivity index (χ1n) is 10.5. The molecule has 2 aromatic heterocycles. The molecule has 1 aromatic carbocycles. The van der Waals surface area contributed by atoms with Gasteiger partial charge in [-0.25, -0.2) is 4.98 Å². The van der Waals surface area contributed by atoms with Gasteiger partial charge in [0.05, 0.1) is 35.6 Å². The zero-order chi connectivity index (χ0) is 20.7. The molecule has 7 heteroatoms. The smallest absolute Gasteiger partial charge is 0.254 e. The number of ether oxygens (including phenoxy) is 2. The van der Waals surface area contributed by atoms with E-state index in [2.05, 4.69) is 5.10 Å². The van der Waals surface area contributed by atoms with Gasteiger partial charge in [0.15, 0.2) is 11.9 Å². The lowest BCUT2D eigenvalue weighted by Gasteiger charge is -2.34. The van der Waals surface area contributed by atoms with E-state index >= 15 is 0 Å². The molecule has 156 valence electrons. The van der Waals surface area contributed by atoms with Crippen molar-refractivity contribution in [2.45, 2.75) is 26.1 Å². The zero-order valence-corrected chi connectivity index (χ0v) is 17.4. The Morgan fingerprint density at radius 3 is 2.50 bits per heavy atom. The average Bonchev–Trinajstić information content (AvgIpc) is 3.42. The Morgan fingerprint density at radius 1 is 1.10 bits per heavy atom. The SMILES string of the molecule is Cc1nn(C)c2nc(-c3ccccc3)cc(C(=O)N3CCC(C4OCCO4)CC3)c12. The molecule has 2 aliphatic rings. The number of hydrogen-bond donors (Lipinski definition) is 0. The van der Waals surface area contributed by atoms with Gasteiger partial charge in [-0.15, -0.1) is 0 Å². The van der Waals surface area contributed by atoms with Crippen molar-refractivity contribution in [1.82, 2.24) is 19.7 Å². The summed E-state index contributed by atoms with van der Waals surface area (Å²) >= 11 is 0. The van der Waals surface area contributed by atoms with Crippen molar-refractivity contribution in [3.8, 4) is 11.3 Å². The lowest BCUT2D eigenvalue weighted by molar-refractivity contribution is -0.0956. The van der Waals surface area contributed by atoms with E-state index in [9.17, 15) is 4.79 Å². The van der Waals surface area contributed by atoms with Crippen LogP contribution in [0, 0.1) is 12.8 Å². The largest absolute Gasteiger partial charge is 0.350 e. The molecule has 0 unspecified atom stereocenters. The summed E-state index contributed by atoms with van der Waals surface area (Å²) in [5.41, 5.74) is 4.01. The molecule has 0 radical (unpaired) electrons. The summed E-state index contributed by atoms with van der Waals surface area (Å²) in [4.78, 5) is 20.3. The van der Waals surface area contributed by atoms with Gasteiger partial charge in [0.25, 0.3) is 5.91 Å². The van der Waals surface area contributed by atoms with E-state index in [0.29, 0.717) is 37.8 Å². The van der Waals surface area contributed by atoms with Gasteiger partial charge in [-0.3, -0.25) is 9.48 Å². The molecule has 5 rings (SSSR count). The number of hydrogen-bond acceptors (Lipinski definition) is 5. The fourth-order valence-corrected chi connectivity index (χ4v) is 4.56. The number of likely N-dealkylation sites (tertiary alicyclic amines) is 1. The molecule has 0 spiro atoms. The maximum Gasteiger partial charge on any atom is 0.254 e. The van der Waals surface area contributed by atoms with E-state index < -0.39 is 0 Å². The molecule has 0 bridgehead atoms. The van der Waals surface area contributed by atoms with E-state index in [1.54, 1.807) is 4.68 Å². The second-order valence-electron chi connectivity index (χ2n) is 8.07. The third-order valence-corrected chi connectivity index (χ3v) is 6.13. The van der Waals surface area contributed by atoms with Gasteiger partial charge in [0.1, 0.15) is 0 Å². The number of piperidine rings is 1. The Hall–Kier alpha value is -2.77. The number of pyridine rings is 1. The van der Waals surface area contributed by atoms with Crippen LogP contribution in [-0.4, -0.2) is 58.2 Å². The molecule has 1 amide bonds. The van der Waals surface area contributed by atoms with E-state index in [4.69, 9.17) is 14.5 Å². The standard InChI is InChI=1S/C23H26N4O3/c1-15-20-18(22(28)27-10-8-17(9-11-27)23-29-12-13-30-23)14-19(16-6-4-3-5-7-16)24-21(20)26(2)25-15/h3-7,14,17,23H,8-13H2,1-2H3. The molecule has 2 fully saturated rings. The molecule has 0 aliphatic carbocycles. The highest BCUT2D eigenvalue weighted by Gasteiger charge is 2.33. The Balaban J connectivity index is 1.47. The summed E-state index contributed by atoms with van der Waals surface area (Å²) in [6.45, 7) is 4.68. The Bertz CT molecular complexity index is 1060. The molecule has 30 heavy (non-hydrogen) atoms. The third kappa shape index (κ3) is 3.38. The second kappa shape index (κ2) is 7.81. The van der Waals surface area contributed by atoms with Crippen LogP contribution in [-0.2, 0) is 16.5 Å². The zero-order valence-electron chi connectivity index (χ0n) is 17.4. The average molecular weight is 406 g/mol. The van der Waals surface area contributed by atoms with Crippen LogP contribution in [0.5, 0.6) is 0 Å². The van der Waals surface area contributed by atoms with Crippen molar-refractivity contribution < 1.29 is 14.3 Å². The minimum atomic E-state index is -0.111. The normalized spacial score (nSPS) is 18.4. The fourth-order valence-electron chi connectivity index (χ4n) is 4.56. The van der Waals surface area contributed by atoms with Crippen LogP contribution in [0.2, 0.25) is 0 Å².